The highest BCUT2D eigenvalue weighted by molar-refractivity contribution is 5.99. The van der Waals surface area contributed by atoms with Crippen molar-refractivity contribution in [3.63, 3.8) is 0 Å². The van der Waals surface area contributed by atoms with Crippen molar-refractivity contribution in [3.8, 4) is 0 Å². The number of anilines is 1. The number of unbranched alkanes of at least 4 members (excludes halogenated alkanes) is 1. The van der Waals surface area contributed by atoms with Gasteiger partial charge in [0, 0.05) is 12.6 Å². The Morgan fingerprint density at radius 1 is 1.19 bits per heavy atom. The van der Waals surface area contributed by atoms with E-state index in [1.807, 2.05) is 6.92 Å². The van der Waals surface area contributed by atoms with Gasteiger partial charge < -0.3 is 10.6 Å². The molecular formula is C17H27FN2O. The largest absolute Gasteiger partial charge is 0.382 e. The molecule has 21 heavy (non-hydrogen) atoms. The Kier molecular flexibility index (Phi) is 7.80. The number of rotatable bonds is 9. The Hall–Kier alpha value is -1.58. The molecule has 0 heterocycles. The van der Waals surface area contributed by atoms with E-state index in [1.54, 1.807) is 12.1 Å². The van der Waals surface area contributed by atoms with Gasteiger partial charge >= 0.3 is 0 Å². The number of hydrogen-bond acceptors (Lipinski definition) is 2. The Morgan fingerprint density at radius 2 is 1.95 bits per heavy atom. The zero-order valence-electron chi connectivity index (χ0n) is 13.3. The van der Waals surface area contributed by atoms with E-state index in [-0.39, 0.29) is 17.8 Å². The Labute approximate surface area is 127 Å². The maximum absolute atomic E-state index is 13.8. The molecule has 0 aromatic heterocycles. The lowest BCUT2D eigenvalue weighted by Gasteiger charge is -2.19. The van der Waals surface area contributed by atoms with E-state index in [4.69, 9.17) is 0 Å². The summed E-state index contributed by atoms with van der Waals surface area (Å²) in [5.41, 5.74) is 0.678. The summed E-state index contributed by atoms with van der Waals surface area (Å²) >= 11 is 0. The Balaban J connectivity index is 2.84. The average Bonchev–Trinajstić information content (AvgIpc) is 2.47. The molecule has 0 saturated heterocycles. The average molecular weight is 294 g/mol. The van der Waals surface area contributed by atoms with Crippen LogP contribution in [0.1, 0.15) is 63.2 Å². The van der Waals surface area contributed by atoms with Crippen molar-refractivity contribution in [2.45, 2.75) is 58.9 Å². The third kappa shape index (κ3) is 5.37. The number of halogens is 1. The predicted octanol–water partition coefficient (Wildman–Crippen LogP) is 4.35. The summed E-state index contributed by atoms with van der Waals surface area (Å²) in [6.45, 7) is 6.71. The van der Waals surface area contributed by atoms with Gasteiger partial charge in [-0.15, -0.1) is 0 Å². The zero-order valence-corrected chi connectivity index (χ0v) is 13.3. The van der Waals surface area contributed by atoms with Gasteiger partial charge in [0.05, 0.1) is 11.3 Å². The second-order valence-corrected chi connectivity index (χ2v) is 5.29. The van der Waals surface area contributed by atoms with E-state index in [2.05, 4.69) is 24.5 Å². The van der Waals surface area contributed by atoms with Gasteiger partial charge in [0.25, 0.3) is 5.91 Å². The van der Waals surface area contributed by atoms with Crippen molar-refractivity contribution in [3.05, 3.63) is 29.6 Å². The molecule has 1 amide bonds. The number of carbonyl (C=O) groups excluding carboxylic acids is 1. The van der Waals surface area contributed by atoms with Gasteiger partial charge in [-0.25, -0.2) is 4.39 Å². The van der Waals surface area contributed by atoms with Gasteiger partial charge in [-0.2, -0.15) is 0 Å². The van der Waals surface area contributed by atoms with E-state index < -0.39 is 0 Å². The second kappa shape index (κ2) is 9.37. The summed E-state index contributed by atoms with van der Waals surface area (Å²) in [6.07, 6.45) is 5.16. The summed E-state index contributed by atoms with van der Waals surface area (Å²) in [5, 5.41) is 5.99. The fraction of sp³-hybridized carbons (Fsp3) is 0.588. The minimum absolute atomic E-state index is 0.167. The van der Waals surface area contributed by atoms with Crippen LogP contribution in [0.5, 0.6) is 0 Å². The third-order valence-electron chi connectivity index (χ3n) is 3.49. The molecule has 0 aliphatic carbocycles. The van der Waals surface area contributed by atoms with Crippen LogP contribution in [0.4, 0.5) is 10.1 Å². The molecule has 1 unspecified atom stereocenters. The summed E-state index contributed by atoms with van der Waals surface area (Å²) in [4.78, 5) is 12.4. The monoisotopic (exact) mass is 294 g/mol. The van der Waals surface area contributed by atoms with E-state index in [1.165, 1.54) is 6.07 Å². The SMILES string of the molecule is CCCCC(CCC)NC(=O)c1cccc(F)c1NCC. The molecule has 1 aromatic carbocycles. The molecule has 0 saturated carbocycles. The van der Waals surface area contributed by atoms with Gasteiger partial charge in [-0.05, 0) is 31.9 Å². The summed E-state index contributed by atoms with van der Waals surface area (Å²) in [5.74, 6) is -0.579. The maximum atomic E-state index is 13.8. The molecule has 0 aliphatic heterocycles. The lowest BCUT2D eigenvalue weighted by atomic mass is 10.0. The molecule has 0 radical (unpaired) electrons. The number of carbonyl (C=O) groups is 1. The zero-order chi connectivity index (χ0) is 15.7. The second-order valence-electron chi connectivity index (χ2n) is 5.29. The molecule has 3 nitrogen and oxygen atoms in total. The van der Waals surface area contributed by atoms with Crippen LogP contribution in [0.3, 0.4) is 0 Å². The number of hydrogen-bond donors (Lipinski definition) is 2. The number of nitrogens with one attached hydrogen (secondary N) is 2. The van der Waals surface area contributed by atoms with Crippen molar-refractivity contribution < 1.29 is 9.18 Å². The van der Waals surface area contributed by atoms with E-state index in [0.717, 1.165) is 32.1 Å². The molecule has 0 bridgehead atoms. The van der Waals surface area contributed by atoms with Crippen LogP contribution < -0.4 is 10.6 Å². The minimum atomic E-state index is -0.384. The highest BCUT2D eigenvalue weighted by Crippen LogP contribution is 2.20. The van der Waals surface area contributed by atoms with Crippen molar-refractivity contribution in [2.24, 2.45) is 0 Å². The molecule has 2 N–H and O–H groups in total. The van der Waals surface area contributed by atoms with Gasteiger partial charge in [0.15, 0.2) is 0 Å². The quantitative estimate of drug-likeness (QED) is 0.711. The van der Waals surface area contributed by atoms with Crippen LogP contribution >= 0.6 is 0 Å². The van der Waals surface area contributed by atoms with Crippen molar-refractivity contribution in [2.75, 3.05) is 11.9 Å². The first-order valence-corrected chi connectivity index (χ1v) is 7.97. The standard InChI is InChI=1S/C17H27FN2O/c1-4-7-10-13(9-5-2)20-17(21)14-11-8-12-15(18)16(14)19-6-3/h8,11-13,19H,4-7,9-10H2,1-3H3,(H,20,21). The minimum Gasteiger partial charge on any atom is -0.382 e. The third-order valence-corrected chi connectivity index (χ3v) is 3.49. The first-order valence-electron chi connectivity index (χ1n) is 7.97. The van der Waals surface area contributed by atoms with Gasteiger partial charge in [-0.1, -0.05) is 39.2 Å². The summed E-state index contributed by atoms with van der Waals surface area (Å²) < 4.78 is 13.8. The van der Waals surface area contributed by atoms with Crippen LogP contribution in [0.2, 0.25) is 0 Å². The topological polar surface area (TPSA) is 41.1 Å². The molecule has 0 fully saturated rings. The Morgan fingerprint density at radius 3 is 2.57 bits per heavy atom. The smallest absolute Gasteiger partial charge is 0.253 e. The van der Waals surface area contributed by atoms with Gasteiger partial charge in [0.2, 0.25) is 0 Å². The number of benzene rings is 1. The molecule has 4 heteroatoms. The lowest BCUT2D eigenvalue weighted by molar-refractivity contribution is 0.0932. The highest BCUT2D eigenvalue weighted by Gasteiger charge is 2.17. The van der Waals surface area contributed by atoms with E-state index in [0.29, 0.717) is 17.8 Å². The number of amides is 1. The Bertz CT molecular complexity index is 448. The molecule has 118 valence electrons. The normalized spacial score (nSPS) is 12.0. The molecule has 0 spiro atoms. The summed E-state index contributed by atoms with van der Waals surface area (Å²) in [7, 11) is 0. The van der Waals surface area contributed by atoms with Crippen LogP contribution in [0.25, 0.3) is 0 Å². The molecule has 0 aliphatic rings. The molecular weight excluding hydrogens is 267 g/mol. The molecule has 1 atom stereocenters. The first-order chi connectivity index (χ1) is 10.1. The van der Waals surface area contributed by atoms with Crippen LogP contribution in [0, 0.1) is 5.82 Å². The van der Waals surface area contributed by atoms with Gasteiger partial charge in [-0.3, -0.25) is 4.79 Å². The molecule has 1 aromatic rings. The highest BCUT2D eigenvalue weighted by atomic mass is 19.1. The van der Waals surface area contributed by atoms with Crippen molar-refractivity contribution in [1.29, 1.82) is 0 Å². The van der Waals surface area contributed by atoms with E-state index >= 15 is 0 Å². The molecule has 1 rings (SSSR count). The maximum Gasteiger partial charge on any atom is 0.253 e. The number of para-hydroxylation sites is 1. The van der Waals surface area contributed by atoms with Crippen LogP contribution in [-0.4, -0.2) is 18.5 Å². The fourth-order valence-corrected chi connectivity index (χ4v) is 2.42. The van der Waals surface area contributed by atoms with E-state index in [9.17, 15) is 9.18 Å². The van der Waals surface area contributed by atoms with Crippen molar-refractivity contribution in [1.82, 2.24) is 5.32 Å². The first kappa shape index (κ1) is 17.5. The lowest BCUT2D eigenvalue weighted by Crippen LogP contribution is -2.35. The van der Waals surface area contributed by atoms with Gasteiger partial charge in [0.1, 0.15) is 5.82 Å². The fourth-order valence-electron chi connectivity index (χ4n) is 2.42. The van der Waals surface area contributed by atoms with Crippen LogP contribution in [-0.2, 0) is 0 Å². The van der Waals surface area contributed by atoms with Crippen LogP contribution in [0.15, 0.2) is 18.2 Å². The van der Waals surface area contributed by atoms with Crippen molar-refractivity contribution >= 4 is 11.6 Å². The summed E-state index contributed by atoms with van der Waals surface area (Å²) in [6, 6.07) is 4.78. The predicted molar refractivity (Wildman–Crippen MR) is 86.3 cm³/mol.